The van der Waals surface area contributed by atoms with Crippen LogP contribution in [0.1, 0.15) is 28.9 Å². The SMILES string of the molecule is C[C@@H](NCC(=O)Nc1ccccc1C(=O)Nc1ccc(F)cc1)c1ccccc1. The highest BCUT2D eigenvalue weighted by Crippen LogP contribution is 2.18. The van der Waals surface area contributed by atoms with Gasteiger partial charge >= 0.3 is 0 Å². The van der Waals surface area contributed by atoms with Gasteiger partial charge in [-0.2, -0.15) is 0 Å². The standard InChI is InChI=1S/C23H22FN3O2/c1-16(17-7-3-2-4-8-17)25-15-22(28)27-21-10-6-5-9-20(21)23(29)26-19-13-11-18(24)12-14-19/h2-14,16,25H,15H2,1H3,(H,26,29)(H,27,28)/t16-/m1/s1. The molecule has 0 aliphatic carbocycles. The molecule has 0 unspecified atom stereocenters. The van der Waals surface area contributed by atoms with E-state index in [4.69, 9.17) is 0 Å². The lowest BCUT2D eigenvalue weighted by Gasteiger charge is -2.15. The van der Waals surface area contributed by atoms with Crippen LogP contribution in [0.3, 0.4) is 0 Å². The summed E-state index contributed by atoms with van der Waals surface area (Å²) in [6.45, 7) is 2.08. The van der Waals surface area contributed by atoms with Crippen LogP contribution < -0.4 is 16.0 Å². The van der Waals surface area contributed by atoms with E-state index in [1.165, 1.54) is 24.3 Å². The molecule has 0 saturated heterocycles. The number of para-hydroxylation sites is 1. The molecule has 0 aromatic heterocycles. The van der Waals surface area contributed by atoms with E-state index < -0.39 is 5.91 Å². The number of hydrogen-bond acceptors (Lipinski definition) is 3. The van der Waals surface area contributed by atoms with Crippen LogP contribution in [0.2, 0.25) is 0 Å². The second kappa shape index (κ2) is 9.61. The first-order chi connectivity index (χ1) is 14.0. The van der Waals surface area contributed by atoms with E-state index in [1.54, 1.807) is 24.3 Å². The summed E-state index contributed by atoms with van der Waals surface area (Å²) in [7, 11) is 0. The fraction of sp³-hybridized carbons (Fsp3) is 0.130. The molecule has 0 aliphatic heterocycles. The van der Waals surface area contributed by atoms with Crippen molar-refractivity contribution >= 4 is 23.2 Å². The third-order valence-electron chi connectivity index (χ3n) is 4.42. The van der Waals surface area contributed by atoms with Gasteiger partial charge in [-0.15, -0.1) is 0 Å². The molecule has 3 N–H and O–H groups in total. The maximum absolute atomic E-state index is 13.0. The van der Waals surface area contributed by atoms with E-state index in [2.05, 4.69) is 16.0 Å². The Bertz CT molecular complexity index is 975. The Balaban J connectivity index is 1.61. The highest BCUT2D eigenvalue weighted by molar-refractivity contribution is 6.10. The minimum atomic E-state index is -0.391. The molecule has 3 aromatic carbocycles. The van der Waals surface area contributed by atoms with Gasteiger partial charge in [0, 0.05) is 11.7 Å². The van der Waals surface area contributed by atoms with Crippen molar-refractivity contribution in [2.24, 2.45) is 0 Å². The predicted octanol–water partition coefficient (Wildman–Crippen LogP) is 4.37. The molecule has 3 rings (SSSR count). The van der Waals surface area contributed by atoms with Gasteiger partial charge in [0.2, 0.25) is 5.91 Å². The third kappa shape index (κ3) is 5.73. The summed E-state index contributed by atoms with van der Waals surface area (Å²) in [5, 5.41) is 8.63. The molecule has 29 heavy (non-hydrogen) atoms. The summed E-state index contributed by atoms with van der Waals surface area (Å²) in [6, 6.07) is 22.1. The molecule has 0 bridgehead atoms. The van der Waals surface area contributed by atoms with Crippen molar-refractivity contribution < 1.29 is 14.0 Å². The first-order valence-electron chi connectivity index (χ1n) is 9.27. The quantitative estimate of drug-likeness (QED) is 0.560. The van der Waals surface area contributed by atoms with E-state index in [9.17, 15) is 14.0 Å². The summed E-state index contributed by atoms with van der Waals surface area (Å²) in [5.74, 6) is -1.03. The lowest BCUT2D eigenvalue weighted by atomic mass is 10.1. The van der Waals surface area contributed by atoms with Crippen molar-refractivity contribution in [2.75, 3.05) is 17.2 Å². The van der Waals surface area contributed by atoms with E-state index in [1.807, 2.05) is 37.3 Å². The van der Waals surface area contributed by atoms with Crippen LogP contribution in [-0.4, -0.2) is 18.4 Å². The molecular formula is C23H22FN3O2. The van der Waals surface area contributed by atoms with Crippen LogP contribution in [-0.2, 0) is 4.79 Å². The Labute approximate surface area is 169 Å². The van der Waals surface area contributed by atoms with Gasteiger partial charge in [0.1, 0.15) is 5.82 Å². The summed E-state index contributed by atoms with van der Waals surface area (Å²) in [4.78, 5) is 25.0. The zero-order valence-electron chi connectivity index (χ0n) is 16.0. The minimum absolute atomic E-state index is 0.0129. The average Bonchev–Trinajstić information content (AvgIpc) is 2.74. The Morgan fingerprint density at radius 1 is 0.862 bits per heavy atom. The first-order valence-corrected chi connectivity index (χ1v) is 9.27. The monoisotopic (exact) mass is 391 g/mol. The zero-order valence-corrected chi connectivity index (χ0v) is 16.0. The molecule has 3 aromatic rings. The molecule has 1 atom stereocenters. The fourth-order valence-corrected chi connectivity index (χ4v) is 2.82. The Hall–Kier alpha value is -3.51. The maximum Gasteiger partial charge on any atom is 0.257 e. The summed E-state index contributed by atoms with van der Waals surface area (Å²) in [6.07, 6.45) is 0. The van der Waals surface area contributed by atoms with Crippen molar-refractivity contribution in [3.05, 3.63) is 95.8 Å². The average molecular weight is 391 g/mol. The number of amides is 2. The molecule has 2 amide bonds. The van der Waals surface area contributed by atoms with Crippen molar-refractivity contribution in [3.63, 3.8) is 0 Å². The molecule has 0 spiro atoms. The summed E-state index contributed by atoms with van der Waals surface area (Å²) < 4.78 is 13.0. The normalized spacial score (nSPS) is 11.5. The molecule has 0 radical (unpaired) electrons. The van der Waals surface area contributed by atoms with E-state index in [-0.39, 0.29) is 24.3 Å². The highest BCUT2D eigenvalue weighted by Gasteiger charge is 2.14. The lowest BCUT2D eigenvalue weighted by Crippen LogP contribution is -2.30. The molecule has 5 nitrogen and oxygen atoms in total. The fourth-order valence-electron chi connectivity index (χ4n) is 2.82. The molecule has 148 valence electrons. The van der Waals surface area contributed by atoms with Crippen molar-refractivity contribution in [1.82, 2.24) is 5.32 Å². The number of benzene rings is 3. The lowest BCUT2D eigenvalue weighted by molar-refractivity contribution is -0.115. The van der Waals surface area contributed by atoms with Gasteiger partial charge in [-0.3, -0.25) is 9.59 Å². The minimum Gasteiger partial charge on any atom is -0.324 e. The number of rotatable bonds is 7. The number of halogens is 1. The maximum atomic E-state index is 13.0. The van der Waals surface area contributed by atoms with Crippen molar-refractivity contribution in [2.45, 2.75) is 13.0 Å². The van der Waals surface area contributed by atoms with Crippen LogP contribution in [0.4, 0.5) is 15.8 Å². The highest BCUT2D eigenvalue weighted by atomic mass is 19.1. The van der Waals surface area contributed by atoms with E-state index >= 15 is 0 Å². The van der Waals surface area contributed by atoms with Crippen LogP contribution in [0.15, 0.2) is 78.9 Å². The number of carbonyl (C=O) groups is 2. The Morgan fingerprint density at radius 3 is 2.24 bits per heavy atom. The number of hydrogen-bond donors (Lipinski definition) is 3. The van der Waals surface area contributed by atoms with Crippen molar-refractivity contribution in [3.8, 4) is 0 Å². The second-order valence-electron chi connectivity index (χ2n) is 6.57. The Kier molecular flexibility index (Phi) is 6.71. The van der Waals surface area contributed by atoms with E-state index in [0.29, 0.717) is 16.9 Å². The molecule has 6 heteroatoms. The number of nitrogens with one attached hydrogen (secondary N) is 3. The van der Waals surface area contributed by atoms with Gasteiger partial charge in [0.15, 0.2) is 0 Å². The van der Waals surface area contributed by atoms with Gasteiger partial charge in [-0.25, -0.2) is 4.39 Å². The van der Waals surface area contributed by atoms with Gasteiger partial charge in [0.05, 0.1) is 17.8 Å². The first kappa shape index (κ1) is 20.2. The van der Waals surface area contributed by atoms with Crippen LogP contribution in [0.25, 0.3) is 0 Å². The largest absolute Gasteiger partial charge is 0.324 e. The molecule has 0 aliphatic rings. The molecule has 0 heterocycles. The smallest absolute Gasteiger partial charge is 0.257 e. The summed E-state index contributed by atoms with van der Waals surface area (Å²) in [5.41, 5.74) is 2.28. The van der Waals surface area contributed by atoms with Crippen LogP contribution in [0.5, 0.6) is 0 Å². The molecular weight excluding hydrogens is 369 g/mol. The third-order valence-corrected chi connectivity index (χ3v) is 4.42. The van der Waals surface area contributed by atoms with Crippen LogP contribution >= 0.6 is 0 Å². The van der Waals surface area contributed by atoms with Gasteiger partial charge in [-0.05, 0) is 48.9 Å². The van der Waals surface area contributed by atoms with Crippen LogP contribution in [0, 0.1) is 5.82 Å². The van der Waals surface area contributed by atoms with Gasteiger partial charge in [0.25, 0.3) is 5.91 Å². The number of carbonyl (C=O) groups excluding carboxylic acids is 2. The molecule has 0 saturated carbocycles. The predicted molar refractivity (Wildman–Crippen MR) is 112 cm³/mol. The van der Waals surface area contributed by atoms with Crippen molar-refractivity contribution in [1.29, 1.82) is 0 Å². The Morgan fingerprint density at radius 2 is 1.52 bits per heavy atom. The molecule has 0 fully saturated rings. The van der Waals surface area contributed by atoms with Gasteiger partial charge in [-0.1, -0.05) is 42.5 Å². The van der Waals surface area contributed by atoms with Gasteiger partial charge < -0.3 is 16.0 Å². The summed E-state index contributed by atoms with van der Waals surface area (Å²) >= 11 is 0. The zero-order chi connectivity index (χ0) is 20.6. The van der Waals surface area contributed by atoms with E-state index in [0.717, 1.165) is 5.56 Å². The number of anilines is 2. The topological polar surface area (TPSA) is 70.2 Å². The second-order valence-corrected chi connectivity index (χ2v) is 6.57.